The third kappa shape index (κ3) is 5.00. The molecule has 34 heavy (non-hydrogen) atoms. The summed E-state index contributed by atoms with van der Waals surface area (Å²) in [7, 11) is 1.58. The van der Waals surface area contributed by atoms with E-state index < -0.39 is 6.04 Å². The SMILES string of the molecule is CCc1ccccc1N(C(=O)Cn1nnc2ccccc21)C(C(=O)NCCOC)c1cccs1. The Balaban J connectivity index is 1.77. The smallest absolute Gasteiger partial charge is 0.249 e. The van der Waals surface area contributed by atoms with Crippen LogP contribution in [0.15, 0.2) is 66.0 Å². The fraction of sp³-hybridized carbons (Fsp3) is 0.280. The average molecular weight is 478 g/mol. The van der Waals surface area contributed by atoms with Crippen LogP contribution < -0.4 is 10.2 Å². The van der Waals surface area contributed by atoms with Gasteiger partial charge in [-0.05, 0) is 41.6 Å². The Hall–Kier alpha value is -3.56. The number of carbonyl (C=O) groups excluding carboxylic acids is 2. The zero-order valence-corrected chi connectivity index (χ0v) is 20.0. The van der Waals surface area contributed by atoms with Crippen LogP contribution in [-0.4, -0.2) is 47.1 Å². The van der Waals surface area contributed by atoms with Gasteiger partial charge in [-0.15, -0.1) is 16.4 Å². The van der Waals surface area contributed by atoms with Gasteiger partial charge < -0.3 is 10.1 Å². The van der Waals surface area contributed by atoms with Gasteiger partial charge in [0.2, 0.25) is 11.8 Å². The van der Waals surface area contributed by atoms with Crippen molar-refractivity contribution in [2.45, 2.75) is 25.9 Å². The monoisotopic (exact) mass is 477 g/mol. The van der Waals surface area contributed by atoms with Crippen molar-refractivity contribution in [3.8, 4) is 0 Å². The first kappa shape index (κ1) is 23.6. The van der Waals surface area contributed by atoms with Crippen molar-refractivity contribution in [2.75, 3.05) is 25.2 Å². The minimum absolute atomic E-state index is 0.0498. The first-order chi connectivity index (χ1) is 16.6. The van der Waals surface area contributed by atoms with Crippen molar-refractivity contribution >= 4 is 39.9 Å². The van der Waals surface area contributed by atoms with Crippen LogP contribution in [0.1, 0.15) is 23.4 Å². The van der Waals surface area contributed by atoms with Crippen molar-refractivity contribution < 1.29 is 14.3 Å². The summed E-state index contributed by atoms with van der Waals surface area (Å²) in [4.78, 5) is 29.8. The van der Waals surface area contributed by atoms with E-state index in [9.17, 15) is 9.59 Å². The number of nitrogens with zero attached hydrogens (tertiary/aromatic N) is 4. The molecule has 0 fully saturated rings. The van der Waals surface area contributed by atoms with Crippen molar-refractivity contribution in [2.24, 2.45) is 0 Å². The molecular weight excluding hydrogens is 450 g/mol. The highest BCUT2D eigenvalue weighted by atomic mass is 32.1. The molecule has 0 radical (unpaired) electrons. The van der Waals surface area contributed by atoms with Crippen LogP contribution in [0, 0.1) is 0 Å². The lowest BCUT2D eigenvalue weighted by molar-refractivity contribution is -0.127. The Morgan fingerprint density at radius 1 is 1.12 bits per heavy atom. The highest BCUT2D eigenvalue weighted by molar-refractivity contribution is 7.10. The summed E-state index contributed by atoms with van der Waals surface area (Å²) in [5.74, 6) is -0.515. The van der Waals surface area contributed by atoms with Crippen LogP contribution in [-0.2, 0) is 27.3 Å². The first-order valence-corrected chi connectivity index (χ1v) is 12.0. The molecule has 176 valence electrons. The van der Waals surface area contributed by atoms with Crippen LogP contribution in [0.4, 0.5) is 5.69 Å². The number of anilines is 1. The summed E-state index contributed by atoms with van der Waals surface area (Å²) in [6.45, 7) is 2.72. The molecule has 2 amide bonds. The van der Waals surface area contributed by atoms with Gasteiger partial charge in [-0.3, -0.25) is 14.5 Å². The molecule has 4 rings (SSSR count). The number of nitrogens with one attached hydrogen (secondary N) is 1. The Kier molecular flexibility index (Phi) is 7.66. The largest absolute Gasteiger partial charge is 0.383 e. The molecule has 0 saturated carbocycles. The molecule has 0 saturated heterocycles. The number of rotatable bonds is 10. The van der Waals surface area contributed by atoms with Gasteiger partial charge in [0.05, 0.1) is 12.1 Å². The van der Waals surface area contributed by atoms with Gasteiger partial charge in [-0.1, -0.05) is 48.5 Å². The zero-order chi connectivity index (χ0) is 23.9. The van der Waals surface area contributed by atoms with Crippen molar-refractivity contribution in [1.82, 2.24) is 20.3 Å². The first-order valence-electron chi connectivity index (χ1n) is 11.1. The van der Waals surface area contributed by atoms with Gasteiger partial charge in [0.25, 0.3) is 0 Å². The summed E-state index contributed by atoms with van der Waals surface area (Å²) in [6.07, 6.45) is 0.717. The molecule has 2 aromatic carbocycles. The molecular formula is C25H27N5O3S. The molecule has 4 aromatic rings. The maximum absolute atomic E-state index is 13.9. The highest BCUT2D eigenvalue weighted by Gasteiger charge is 2.34. The van der Waals surface area contributed by atoms with Crippen LogP contribution in [0.5, 0.6) is 0 Å². The Bertz CT molecular complexity index is 1250. The van der Waals surface area contributed by atoms with E-state index in [4.69, 9.17) is 4.74 Å². The standard InChI is InChI=1S/C25H27N5O3S/c1-3-18-9-4-6-11-20(18)30(23(31)17-29-21-12-7-5-10-19(21)27-28-29)24(22-13-8-16-34-22)25(32)26-14-15-33-2/h4-13,16,24H,3,14-15,17H2,1-2H3,(H,26,32). The van der Waals surface area contributed by atoms with E-state index in [0.29, 0.717) is 30.8 Å². The average Bonchev–Trinajstić information content (AvgIpc) is 3.53. The van der Waals surface area contributed by atoms with Gasteiger partial charge in [0, 0.05) is 24.2 Å². The zero-order valence-electron chi connectivity index (χ0n) is 19.2. The van der Waals surface area contributed by atoms with Gasteiger partial charge >= 0.3 is 0 Å². The fourth-order valence-electron chi connectivity index (χ4n) is 3.89. The van der Waals surface area contributed by atoms with E-state index in [2.05, 4.69) is 15.6 Å². The molecule has 8 nitrogen and oxygen atoms in total. The molecule has 9 heteroatoms. The Morgan fingerprint density at radius 2 is 1.91 bits per heavy atom. The number of aryl methyl sites for hydroxylation is 1. The van der Waals surface area contributed by atoms with Crippen molar-refractivity contribution in [3.05, 3.63) is 76.5 Å². The lowest BCUT2D eigenvalue weighted by atomic mass is 10.1. The molecule has 0 aliphatic rings. The third-order valence-corrected chi connectivity index (χ3v) is 6.46. The van der Waals surface area contributed by atoms with Gasteiger partial charge in [0.15, 0.2) is 0 Å². The Labute approximate surface area is 202 Å². The van der Waals surface area contributed by atoms with E-state index in [1.54, 1.807) is 16.7 Å². The number of carbonyl (C=O) groups is 2. The van der Waals surface area contributed by atoms with E-state index in [0.717, 1.165) is 16.0 Å². The van der Waals surface area contributed by atoms with Crippen LogP contribution >= 0.6 is 11.3 Å². The predicted octanol–water partition coefficient (Wildman–Crippen LogP) is 3.59. The number of fused-ring (bicyclic) bond motifs is 1. The van der Waals surface area contributed by atoms with E-state index in [-0.39, 0.29) is 18.4 Å². The molecule has 2 aromatic heterocycles. The second-order valence-electron chi connectivity index (χ2n) is 7.68. The molecule has 1 N–H and O–H groups in total. The lowest BCUT2D eigenvalue weighted by Gasteiger charge is -2.32. The number of para-hydroxylation sites is 2. The summed E-state index contributed by atoms with van der Waals surface area (Å²) in [5.41, 5.74) is 3.16. The molecule has 1 atom stereocenters. The summed E-state index contributed by atoms with van der Waals surface area (Å²) in [5, 5.41) is 13.2. The van der Waals surface area contributed by atoms with E-state index >= 15 is 0 Å². The summed E-state index contributed by atoms with van der Waals surface area (Å²) in [6, 6.07) is 18.1. The third-order valence-electron chi connectivity index (χ3n) is 5.53. The van der Waals surface area contributed by atoms with E-state index in [1.807, 2.05) is 73.0 Å². The fourth-order valence-corrected chi connectivity index (χ4v) is 4.71. The quantitative estimate of drug-likeness (QED) is 0.353. The molecule has 0 aliphatic carbocycles. The highest BCUT2D eigenvalue weighted by Crippen LogP contribution is 2.33. The number of aromatic nitrogens is 3. The maximum atomic E-state index is 13.9. The number of benzene rings is 2. The van der Waals surface area contributed by atoms with E-state index in [1.165, 1.54) is 11.3 Å². The molecule has 0 spiro atoms. The summed E-state index contributed by atoms with van der Waals surface area (Å²) < 4.78 is 6.67. The van der Waals surface area contributed by atoms with Gasteiger partial charge in [-0.2, -0.15) is 0 Å². The lowest BCUT2D eigenvalue weighted by Crippen LogP contribution is -2.46. The second kappa shape index (κ2) is 11.0. The predicted molar refractivity (Wildman–Crippen MR) is 133 cm³/mol. The van der Waals surface area contributed by atoms with Gasteiger partial charge in [0.1, 0.15) is 18.1 Å². The number of ether oxygens (including phenoxy) is 1. The number of methoxy groups -OCH3 is 1. The molecule has 0 bridgehead atoms. The second-order valence-corrected chi connectivity index (χ2v) is 8.66. The summed E-state index contributed by atoms with van der Waals surface area (Å²) >= 11 is 1.44. The van der Waals surface area contributed by atoms with Crippen LogP contribution in [0.3, 0.4) is 0 Å². The topological polar surface area (TPSA) is 89.4 Å². The normalized spacial score (nSPS) is 11.9. The number of thiophene rings is 1. The molecule has 1 unspecified atom stereocenters. The van der Waals surface area contributed by atoms with Crippen LogP contribution in [0.25, 0.3) is 11.0 Å². The van der Waals surface area contributed by atoms with Crippen LogP contribution in [0.2, 0.25) is 0 Å². The van der Waals surface area contributed by atoms with Crippen molar-refractivity contribution in [3.63, 3.8) is 0 Å². The minimum atomic E-state index is -0.827. The molecule has 0 aliphatic heterocycles. The number of hydrogen-bond donors (Lipinski definition) is 1. The maximum Gasteiger partial charge on any atom is 0.249 e. The minimum Gasteiger partial charge on any atom is -0.383 e. The number of hydrogen-bond acceptors (Lipinski definition) is 6. The van der Waals surface area contributed by atoms with Gasteiger partial charge in [-0.25, -0.2) is 4.68 Å². The molecule has 2 heterocycles. The van der Waals surface area contributed by atoms with Crippen molar-refractivity contribution in [1.29, 1.82) is 0 Å². The number of amides is 2. The Morgan fingerprint density at radius 3 is 2.68 bits per heavy atom.